The molecule has 0 amide bonds. The molecule has 59 heavy (non-hydrogen) atoms. The molecule has 4 heteroatoms. The van der Waals surface area contributed by atoms with E-state index in [4.69, 9.17) is 9.40 Å². The molecule has 8 aromatic carbocycles. The first-order valence-corrected chi connectivity index (χ1v) is 21.3. The van der Waals surface area contributed by atoms with Crippen molar-refractivity contribution in [2.45, 2.75) is 49.8 Å². The molecular weight excluding hydrogens is 737 g/mol. The number of hydrogen-bond acceptors (Lipinski definition) is 3. The average molecular weight is 777 g/mol. The van der Waals surface area contributed by atoms with E-state index in [1.165, 1.54) is 98.8 Å². The van der Waals surface area contributed by atoms with E-state index in [9.17, 15) is 0 Å². The van der Waals surface area contributed by atoms with Gasteiger partial charge in [0.05, 0.1) is 16.6 Å². The summed E-state index contributed by atoms with van der Waals surface area (Å²) in [5, 5.41) is 0. The molecule has 0 spiro atoms. The van der Waals surface area contributed by atoms with Gasteiger partial charge in [-0.1, -0.05) is 141 Å². The molecule has 10 aromatic rings. The van der Waals surface area contributed by atoms with Crippen LogP contribution >= 0.6 is 11.8 Å². The van der Waals surface area contributed by atoms with Gasteiger partial charge in [0.15, 0.2) is 5.58 Å². The summed E-state index contributed by atoms with van der Waals surface area (Å²) in [4.78, 5) is 7.51. The average Bonchev–Trinajstić information content (AvgIpc) is 3.79. The highest BCUT2D eigenvalue weighted by Crippen LogP contribution is 2.56. The normalized spacial score (nSPS) is 13.6. The second-order valence-corrected chi connectivity index (χ2v) is 17.9. The van der Waals surface area contributed by atoms with Crippen LogP contribution in [-0.4, -0.2) is 9.38 Å². The highest BCUT2D eigenvalue weighted by atomic mass is 32.2. The van der Waals surface area contributed by atoms with Gasteiger partial charge in [0.1, 0.15) is 0 Å². The molecule has 0 saturated heterocycles. The molecule has 2 aromatic heterocycles. The second-order valence-electron chi connectivity index (χ2n) is 16.8. The topological polar surface area (TPSA) is 30.4 Å². The third-order valence-electron chi connectivity index (χ3n) is 13.1. The Bertz CT molecular complexity index is 3430. The van der Waals surface area contributed by atoms with Gasteiger partial charge in [-0.25, -0.2) is 0 Å². The molecule has 3 nitrogen and oxygen atoms in total. The van der Waals surface area contributed by atoms with Gasteiger partial charge in [-0.15, -0.1) is 0 Å². The molecule has 0 radical (unpaired) electrons. The summed E-state index contributed by atoms with van der Waals surface area (Å²) in [5.74, 6) is 0.627. The molecule has 0 fully saturated rings. The number of benzene rings is 8. The Balaban J connectivity index is 1.03. The predicted molar refractivity (Wildman–Crippen MR) is 246 cm³/mol. The Morgan fingerprint density at radius 1 is 0.492 bits per heavy atom. The van der Waals surface area contributed by atoms with Crippen LogP contribution < -0.4 is 0 Å². The minimum absolute atomic E-state index is 0.255. The van der Waals surface area contributed by atoms with Crippen LogP contribution in [0.2, 0.25) is 0 Å². The van der Waals surface area contributed by atoms with Gasteiger partial charge in [0, 0.05) is 20.8 Å². The van der Waals surface area contributed by atoms with Crippen LogP contribution in [0.5, 0.6) is 0 Å². The number of hydrogen-bond donors (Lipinski definition) is 0. The zero-order chi connectivity index (χ0) is 39.7. The van der Waals surface area contributed by atoms with E-state index >= 15 is 0 Å². The first-order valence-electron chi connectivity index (χ1n) is 20.5. The van der Waals surface area contributed by atoms with E-state index in [-0.39, 0.29) is 5.41 Å². The molecule has 3 heterocycles. The molecule has 2 aliphatic rings. The van der Waals surface area contributed by atoms with E-state index in [1.54, 1.807) is 0 Å². The summed E-state index contributed by atoms with van der Waals surface area (Å²) in [5.41, 5.74) is 25.1. The number of oxazole rings is 1. The fourth-order valence-electron chi connectivity index (χ4n) is 10.1. The van der Waals surface area contributed by atoms with Crippen molar-refractivity contribution in [2.24, 2.45) is 0 Å². The quantitative estimate of drug-likeness (QED) is 0.175. The summed E-state index contributed by atoms with van der Waals surface area (Å²) >= 11 is 1.93. The number of aromatic nitrogens is 2. The van der Waals surface area contributed by atoms with Crippen molar-refractivity contribution in [1.29, 1.82) is 0 Å². The highest BCUT2D eigenvalue weighted by Gasteiger charge is 2.36. The van der Waals surface area contributed by atoms with Crippen LogP contribution in [0.3, 0.4) is 0 Å². The van der Waals surface area contributed by atoms with Crippen molar-refractivity contribution >= 4 is 39.7 Å². The van der Waals surface area contributed by atoms with Gasteiger partial charge >= 0.3 is 5.84 Å². The molecule has 282 valence electrons. The third kappa shape index (κ3) is 4.87. The van der Waals surface area contributed by atoms with E-state index in [0.29, 0.717) is 5.84 Å². The van der Waals surface area contributed by atoms with E-state index < -0.39 is 0 Å². The summed E-state index contributed by atoms with van der Waals surface area (Å²) in [6, 6.07) is 56.1. The lowest BCUT2D eigenvalue weighted by Gasteiger charge is -2.37. The lowest BCUT2D eigenvalue weighted by atomic mass is 9.74. The summed E-state index contributed by atoms with van der Waals surface area (Å²) < 4.78 is 8.80. The van der Waals surface area contributed by atoms with Crippen molar-refractivity contribution in [3.63, 3.8) is 0 Å². The van der Waals surface area contributed by atoms with E-state index in [2.05, 4.69) is 179 Å². The Hall–Kier alpha value is -6.62. The maximum absolute atomic E-state index is 6.65. The Labute approximate surface area is 348 Å². The first kappa shape index (κ1) is 34.4. The predicted octanol–water partition coefficient (Wildman–Crippen LogP) is 15.3. The standard InChI is InChI=1S/C55H40N2OS/c1-31-22-26-44-53(50(31)34-24-25-41-39-18-9-8-16-37(39)35-14-6-7-15-36(35)38-17-10-11-19-40(38)43(41)29-34)59-49-28-33(3)42(30-45(49)55(44,4)5)51-32(2)23-27-48-52(51)58-54-56-46-20-12-13-21-47(46)57(48)54/h6-30H,1-5H3. The zero-order valence-corrected chi connectivity index (χ0v) is 34.5. The Morgan fingerprint density at radius 3 is 1.75 bits per heavy atom. The summed E-state index contributed by atoms with van der Waals surface area (Å²) in [6.07, 6.45) is 0. The molecule has 0 unspecified atom stereocenters. The zero-order valence-electron chi connectivity index (χ0n) is 33.6. The molecule has 0 atom stereocenters. The summed E-state index contributed by atoms with van der Waals surface area (Å²) in [7, 11) is 0. The fourth-order valence-corrected chi connectivity index (χ4v) is 11.8. The molecule has 0 bridgehead atoms. The number of para-hydroxylation sites is 2. The van der Waals surface area contributed by atoms with Crippen LogP contribution in [-0.2, 0) is 5.41 Å². The Kier molecular flexibility index (Phi) is 7.26. The van der Waals surface area contributed by atoms with Crippen molar-refractivity contribution in [3.05, 3.63) is 179 Å². The largest absolute Gasteiger partial charge is 0.422 e. The number of aryl methyl sites for hydroxylation is 3. The van der Waals surface area contributed by atoms with E-state index in [1.807, 2.05) is 23.9 Å². The third-order valence-corrected chi connectivity index (χ3v) is 14.3. The first-order chi connectivity index (χ1) is 28.8. The number of rotatable bonds is 2. The molecule has 0 N–H and O–H groups in total. The highest BCUT2D eigenvalue weighted by molar-refractivity contribution is 7.99. The van der Waals surface area contributed by atoms with Gasteiger partial charge < -0.3 is 4.42 Å². The second kappa shape index (κ2) is 12.4. The molecule has 1 aliphatic heterocycles. The van der Waals surface area contributed by atoms with Gasteiger partial charge in [-0.3, -0.25) is 4.40 Å². The van der Waals surface area contributed by atoms with Crippen molar-refractivity contribution in [1.82, 2.24) is 9.38 Å². The van der Waals surface area contributed by atoms with Crippen molar-refractivity contribution in [2.75, 3.05) is 0 Å². The smallest absolute Gasteiger partial charge is 0.307 e. The lowest BCUT2D eigenvalue weighted by Crippen LogP contribution is -2.24. The maximum atomic E-state index is 6.65. The molecular formula is C55H40N2OS. The Morgan fingerprint density at radius 2 is 1.07 bits per heavy atom. The van der Waals surface area contributed by atoms with Crippen LogP contribution in [0, 0.1) is 20.8 Å². The SMILES string of the molecule is Cc1cc2c(cc1-c1c(C)ccc3c1oc1nc4ccccc4n13)C(C)(C)c1ccc(C)c(-c3ccc4c(c3)-c3ccccc3-c3ccccc3-c3ccccc3-4)c1S2. The number of imidazole rings is 1. The maximum Gasteiger partial charge on any atom is 0.307 e. The number of nitrogens with zero attached hydrogens (tertiary/aromatic N) is 2. The fraction of sp³-hybridized carbons (Fsp3) is 0.109. The van der Waals surface area contributed by atoms with Gasteiger partial charge in [-0.05, 0) is 146 Å². The summed E-state index contributed by atoms with van der Waals surface area (Å²) in [6.45, 7) is 11.5. The molecule has 12 rings (SSSR count). The van der Waals surface area contributed by atoms with Crippen molar-refractivity contribution in [3.8, 4) is 66.8 Å². The van der Waals surface area contributed by atoms with Gasteiger partial charge in [0.2, 0.25) is 0 Å². The number of fused-ring (bicyclic) bond motifs is 15. The minimum Gasteiger partial charge on any atom is -0.422 e. The van der Waals surface area contributed by atoms with Crippen molar-refractivity contribution < 1.29 is 4.42 Å². The van der Waals surface area contributed by atoms with Crippen LogP contribution in [0.25, 0.3) is 94.7 Å². The van der Waals surface area contributed by atoms with Gasteiger partial charge in [-0.2, -0.15) is 4.98 Å². The van der Waals surface area contributed by atoms with Gasteiger partial charge in [0.25, 0.3) is 0 Å². The van der Waals surface area contributed by atoms with E-state index in [0.717, 1.165) is 27.7 Å². The van der Waals surface area contributed by atoms with Crippen LogP contribution in [0.4, 0.5) is 0 Å². The van der Waals surface area contributed by atoms with Crippen LogP contribution in [0.1, 0.15) is 41.7 Å². The lowest BCUT2D eigenvalue weighted by molar-refractivity contribution is 0.607. The monoisotopic (exact) mass is 776 g/mol. The van der Waals surface area contributed by atoms with Crippen LogP contribution in [0.15, 0.2) is 166 Å². The molecule has 1 aliphatic carbocycles. The minimum atomic E-state index is -0.255. The molecule has 0 saturated carbocycles.